The van der Waals surface area contributed by atoms with Gasteiger partial charge in [-0.1, -0.05) is 36.4 Å². The first-order valence-corrected chi connectivity index (χ1v) is 10.7. The van der Waals surface area contributed by atoms with Crippen LogP contribution in [0.15, 0.2) is 91.5 Å². The molecule has 2 aromatic heterocycles. The highest BCUT2D eigenvalue weighted by atomic mass is 16.5. The Morgan fingerprint density at radius 2 is 1.94 bits per heavy atom. The first kappa shape index (κ1) is 22.1. The number of benzene rings is 2. The van der Waals surface area contributed by atoms with E-state index in [0.29, 0.717) is 6.54 Å². The van der Waals surface area contributed by atoms with Gasteiger partial charge in [0.2, 0.25) is 5.91 Å². The number of carbonyl (C=O) groups excluding carboxylic acids is 1. The number of aryl methyl sites for hydroxylation is 1. The zero-order chi connectivity index (χ0) is 23.0. The molecule has 4 rings (SSSR count). The Morgan fingerprint density at radius 3 is 2.64 bits per heavy atom. The molecule has 33 heavy (non-hydrogen) atoms. The molecule has 4 aromatic rings. The summed E-state index contributed by atoms with van der Waals surface area (Å²) in [6.45, 7) is 0.751. The molecule has 7 nitrogen and oxygen atoms in total. The fraction of sp³-hybridized carbons (Fsp3) is 0.192. The van der Waals surface area contributed by atoms with Crippen molar-refractivity contribution in [2.75, 3.05) is 18.6 Å². The molecule has 168 valence electrons. The molecule has 1 amide bonds. The van der Waals surface area contributed by atoms with Gasteiger partial charge in [0.25, 0.3) is 0 Å². The van der Waals surface area contributed by atoms with Gasteiger partial charge in [0.1, 0.15) is 17.6 Å². The van der Waals surface area contributed by atoms with Gasteiger partial charge >= 0.3 is 0 Å². The van der Waals surface area contributed by atoms with Gasteiger partial charge in [-0.15, -0.1) is 0 Å². The monoisotopic (exact) mass is 441 g/mol. The number of aromatic nitrogens is 3. The Morgan fingerprint density at radius 1 is 1.09 bits per heavy atom. The van der Waals surface area contributed by atoms with Crippen molar-refractivity contribution in [2.45, 2.75) is 12.6 Å². The van der Waals surface area contributed by atoms with Crippen molar-refractivity contribution in [3.8, 4) is 5.75 Å². The second-order valence-electron chi connectivity index (χ2n) is 7.73. The summed E-state index contributed by atoms with van der Waals surface area (Å²) in [5, 5.41) is 3.18. The zero-order valence-electron chi connectivity index (χ0n) is 18.8. The van der Waals surface area contributed by atoms with Crippen molar-refractivity contribution < 1.29 is 9.53 Å². The molecule has 1 unspecified atom stereocenters. The van der Waals surface area contributed by atoms with Crippen LogP contribution in [0.25, 0.3) is 0 Å². The van der Waals surface area contributed by atoms with Gasteiger partial charge in [0.05, 0.1) is 13.7 Å². The number of imidazole rings is 1. The zero-order valence-corrected chi connectivity index (χ0v) is 18.8. The molecular formula is C26H27N5O2. The lowest BCUT2D eigenvalue weighted by molar-refractivity contribution is -0.120. The lowest BCUT2D eigenvalue weighted by atomic mass is 10.1. The summed E-state index contributed by atoms with van der Waals surface area (Å²) in [6.07, 6.45) is 7.16. The van der Waals surface area contributed by atoms with E-state index in [1.54, 1.807) is 19.5 Å². The first-order chi connectivity index (χ1) is 16.1. The third-order valence-corrected chi connectivity index (χ3v) is 5.40. The second kappa shape index (κ2) is 10.5. The van der Waals surface area contributed by atoms with E-state index in [1.807, 2.05) is 95.6 Å². The summed E-state index contributed by atoms with van der Waals surface area (Å²) in [7, 11) is 3.55. The number of pyridine rings is 1. The average molecular weight is 442 g/mol. The number of rotatable bonds is 9. The van der Waals surface area contributed by atoms with Crippen LogP contribution in [0.1, 0.15) is 23.0 Å². The highest BCUT2D eigenvalue weighted by molar-refractivity contribution is 5.82. The minimum atomic E-state index is -0.413. The molecule has 1 N–H and O–H groups in total. The van der Waals surface area contributed by atoms with Gasteiger partial charge in [-0.05, 0) is 41.5 Å². The van der Waals surface area contributed by atoms with Crippen LogP contribution in [0.3, 0.4) is 0 Å². The fourth-order valence-electron chi connectivity index (χ4n) is 3.74. The van der Waals surface area contributed by atoms with E-state index in [1.165, 1.54) is 0 Å². The molecule has 0 bridgehead atoms. The maximum atomic E-state index is 13.3. The lowest BCUT2D eigenvalue weighted by Crippen LogP contribution is -2.39. The molecule has 0 radical (unpaired) electrons. The van der Waals surface area contributed by atoms with Crippen LogP contribution in [-0.2, 0) is 18.4 Å². The largest absolute Gasteiger partial charge is 0.497 e. The van der Waals surface area contributed by atoms with Crippen molar-refractivity contribution in [1.82, 2.24) is 19.9 Å². The number of nitrogens with one attached hydrogen (secondary N) is 1. The molecule has 0 spiro atoms. The minimum Gasteiger partial charge on any atom is -0.497 e. The number of methoxy groups -OCH3 is 1. The number of anilines is 1. The third-order valence-electron chi connectivity index (χ3n) is 5.40. The SMILES string of the molecule is COc1cccc(C(NC(=O)CN(Cc2cccnc2)c2ccccc2)c2nccn2C)c1. The van der Waals surface area contributed by atoms with Crippen LogP contribution in [0, 0.1) is 0 Å². The van der Waals surface area contributed by atoms with E-state index in [9.17, 15) is 4.79 Å². The number of para-hydroxylation sites is 1. The van der Waals surface area contributed by atoms with Crippen LogP contribution in [0.4, 0.5) is 5.69 Å². The molecular weight excluding hydrogens is 414 g/mol. The van der Waals surface area contributed by atoms with Crippen LogP contribution in [-0.4, -0.2) is 34.1 Å². The Bertz CT molecular complexity index is 1180. The Kier molecular flexibility index (Phi) is 6.99. The summed E-state index contributed by atoms with van der Waals surface area (Å²) in [6, 6.07) is 21.1. The van der Waals surface area contributed by atoms with Gasteiger partial charge in [0, 0.05) is 44.1 Å². The number of carbonyl (C=O) groups is 1. The van der Waals surface area contributed by atoms with Crippen LogP contribution < -0.4 is 15.0 Å². The van der Waals surface area contributed by atoms with Crippen LogP contribution in [0.2, 0.25) is 0 Å². The number of nitrogens with zero attached hydrogens (tertiary/aromatic N) is 4. The van der Waals surface area contributed by atoms with E-state index in [-0.39, 0.29) is 12.5 Å². The van der Waals surface area contributed by atoms with Gasteiger partial charge < -0.3 is 19.5 Å². The Labute approximate surface area is 193 Å². The van der Waals surface area contributed by atoms with Crippen molar-refractivity contribution in [1.29, 1.82) is 0 Å². The fourth-order valence-corrected chi connectivity index (χ4v) is 3.74. The average Bonchev–Trinajstić information content (AvgIpc) is 3.29. The summed E-state index contributed by atoms with van der Waals surface area (Å²) in [4.78, 5) is 24.1. The standard InChI is InChI=1S/C26H27N5O2/c1-30-15-14-28-26(30)25(21-9-6-12-23(16-21)33-2)29-24(32)19-31(22-10-4-3-5-11-22)18-20-8-7-13-27-17-20/h3-17,25H,18-19H2,1-2H3,(H,29,32). The van der Waals surface area contributed by atoms with E-state index in [0.717, 1.165) is 28.4 Å². The van der Waals surface area contributed by atoms with E-state index >= 15 is 0 Å². The molecule has 2 aromatic carbocycles. The summed E-state index contributed by atoms with van der Waals surface area (Å²) in [5.74, 6) is 1.36. The maximum absolute atomic E-state index is 13.3. The summed E-state index contributed by atoms with van der Waals surface area (Å²) >= 11 is 0. The molecule has 0 saturated heterocycles. The van der Waals surface area contributed by atoms with E-state index in [2.05, 4.69) is 15.3 Å². The first-order valence-electron chi connectivity index (χ1n) is 10.7. The van der Waals surface area contributed by atoms with Crippen molar-refractivity contribution in [3.05, 3.63) is 108 Å². The molecule has 0 aliphatic heterocycles. The highest BCUT2D eigenvalue weighted by Gasteiger charge is 2.23. The number of hydrogen-bond acceptors (Lipinski definition) is 5. The molecule has 0 saturated carbocycles. The molecule has 0 aliphatic carbocycles. The normalized spacial score (nSPS) is 11.6. The predicted molar refractivity (Wildman–Crippen MR) is 128 cm³/mol. The second-order valence-corrected chi connectivity index (χ2v) is 7.73. The molecule has 0 aliphatic rings. The smallest absolute Gasteiger partial charge is 0.240 e. The Hall–Kier alpha value is -4.13. The predicted octanol–water partition coefficient (Wildman–Crippen LogP) is 3.74. The number of hydrogen-bond donors (Lipinski definition) is 1. The highest BCUT2D eigenvalue weighted by Crippen LogP contribution is 2.24. The van der Waals surface area contributed by atoms with Crippen LogP contribution in [0.5, 0.6) is 5.75 Å². The third kappa shape index (κ3) is 5.57. The molecule has 1 atom stereocenters. The van der Waals surface area contributed by atoms with Crippen molar-refractivity contribution >= 4 is 11.6 Å². The Balaban J connectivity index is 1.59. The van der Waals surface area contributed by atoms with E-state index < -0.39 is 6.04 Å². The molecule has 0 fully saturated rings. The number of ether oxygens (including phenoxy) is 1. The quantitative estimate of drug-likeness (QED) is 0.428. The van der Waals surface area contributed by atoms with Crippen molar-refractivity contribution in [2.24, 2.45) is 7.05 Å². The van der Waals surface area contributed by atoms with E-state index in [4.69, 9.17) is 4.74 Å². The number of amides is 1. The van der Waals surface area contributed by atoms with Gasteiger partial charge in [-0.2, -0.15) is 0 Å². The van der Waals surface area contributed by atoms with Gasteiger partial charge in [-0.25, -0.2) is 4.98 Å². The lowest BCUT2D eigenvalue weighted by Gasteiger charge is -2.26. The maximum Gasteiger partial charge on any atom is 0.240 e. The molecule has 7 heteroatoms. The summed E-state index contributed by atoms with van der Waals surface area (Å²) < 4.78 is 7.30. The summed E-state index contributed by atoms with van der Waals surface area (Å²) in [5.41, 5.74) is 2.89. The molecule has 2 heterocycles. The topological polar surface area (TPSA) is 72.3 Å². The van der Waals surface area contributed by atoms with Crippen LogP contribution >= 0.6 is 0 Å². The van der Waals surface area contributed by atoms with Gasteiger partial charge in [-0.3, -0.25) is 9.78 Å². The van der Waals surface area contributed by atoms with Gasteiger partial charge in [0.15, 0.2) is 0 Å². The van der Waals surface area contributed by atoms with Crippen molar-refractivity contribution in [3.63, 3.8) is 0 Å². The minimum absolute atomic E-state index is 0.112.